The summed E-state index contributed by atoms with van der Waals surface area (Å²) in [6.07, 6.45) is 4.84. The Morgan fingerprint density at radius 1 is 1.20 bits per heavy atom. The quantitative estimate of drug-likeness (QED) is 0.700. The molecule has 9 heteroatoms. The van der Waals surface area contributed by atoms with Gasteiger partial charge in [0.05, 0.1) is 12.1 Å². The number of nitrogens with one attached hydrogen (secondary N) is 1. The molecule has 1 amide bonds. The lowest BCUT2D eigenvalue weighted by molar-refractivity contribution is 0.0122. The summed E-state index contributed by atoms with van der Waals surface area (Å²) in [4.78, 5) is 24.5. The molecule has 0 aliphatic carbocycles. The zero-order chi connectivity index (χ0) is 24.7. The number of nitriles is 1. The van der Waals surface area contributed by atoms with Gasteiger partial charge in [0.25, 0.3) is 0 Å². The van der Waals surface area contributed by atoms with Crippen LogP contribution < -0.4 is 15.0 Å². The summed E-state index contributed by atoms with van der Waals surface area (Å²) >= 11 is 0. The molecule has 35 heavy (non-hydrogen) atoms. The summed E-state index contributed by atoms with van der Waals surface area (Å²) in [6, 6.07) is 2.95. The highest BCUT2D eigenvalue weighted by molar-refractivity contribution is 5.71. The van der Waals surface area contributed by atoms with E-state index >= 15 is 0 Å². The fourth-order valence-corrected chi connectivity index (χ4v) is 6.05. The Bertz CT molecular complexity index is 1000. The van der Waals surface area contributed by atoms with Crippen LogP contribution in [0.3, 0.4) is 0 Å². The Morgan fingerprint density at radius 2 is 1.94 bits per heavy atom. The first-order valence-electron chi connectivity index (χ1n) is 13.0. The molecule has 5 rings (SSSR count). The van der Waals surface area contributed by atoms with E-state index in [4.69, 9.17) is 14.5 Å². The molecule has 1 aromatic heterocycles. The van der Waals surface area contributed by atoms with Crippen molar-refractivity contribution in [2.24, 2.45) is 0 Å². The van der Waals surface area contributed by atoms with Crippen LogP contribution in [0.1, 0.15) is 63.1 Å². The van der Waals surface area contributed by atoms with Crippen molar-refractivity contribution in [3.63, 3.8) is 0 Å². The minimum Gasteiger partial charge on any atom is -0.475 e. The Balaban J connectivity index is 1.42. The maximum atomic E-state index is 12.9. The average Bonchev–Trinajstić information content (AvgIpc) is 3.34. The van der Waals surface area contributed by atoms with Crippen molar-refractivity contribution in [2.45, 2.75) is 83.1 Å². The van der Waals surface area contributed by atoms with Gasteiger partial charge in [-0.25, -0.2) is 4.79 Å². The maximum Gasteiger partial charge on any atom is 0.410 e. The molecule has 2 bridgehead atoms. The summed E-state index contributed by atoms with van der Waals surface area (Å²) in [5, 5.41) is 13.4. The van der Waals surface area contributed by atoms with Crippen molar-refractivity contribution in [3.05, 3.63) is 16.7 Å². The number of carbonyl (C=O) groups excluding carboxylic acids is 1. The number of anilines is 1. The monoisotopic (exact) mass is 482 g/mol. The highest BCUT2D eigenvalue weighted by Crippen LogP contribution is 2.38. The first-order chi connectivity index (χ1) is 16.7. The molecule has 0 spiro atoms. The van der Waals surface area contributed by atoms with Crippen molar-refractivity contribution in [1.82, 2.24) is 20.1 Å². The van der Waals surface area contributed by atoms with Crippen LogP contribution in [0.4, 0.5) is 10.6 Å². The number of likely N-dealkylation sites (tertiary alicyclic amines) is 1. The molecule has 1 N–H and O–H groups in total. The van der Waals surface area contributed by atoms with Gasteiger partial charge in [-0.3, -0.25) is 4.90 Å². The van der Waals surface area contributed by atoms with Crippen LogP contribution >= 0.6 is 0 Å². The molecule has 9 nitrogen and oxygen atoms in total. The highest BCUT2D eigenvalue weighted by Gasteiger charge is 2.45. The lowest BCUT2D eigenvalue weighted by Crippen LogP contribution is -2.57. The highest BCUT2D eigenvalue weighted by atomic mass is 16.6. The molecule has 0 aromatic carbocycles. The Hall–Kier alpha value is -2.57. The number of hydrogen-bond donors (Lipinski definition) is 1. The zero-order valence-electron chi connectivity index (χ0n) is 21.5. The van der Waals surface area contributed by atoms with Crippen molar-refractivity contribution >= 4 is 11.9 Å². The maximum absolute atomic E-state index is 12.9. The molecule has 0 radical (unpaired) electrons. The Kier molecular flexibility index (Phi) is 6.53. The number of carbonyl (C=O) groups is 1. The van der Waals surface area contributed by atoms with E-state index < -0.39 is 5.60 Å². The van der Waals surface area contributed by atoms with Gasteiger partial charge in [0.2, 0.25) is 5.88 Å². The van der Waals surface area contributed by atoms with E-state index in [1.807, 2.05) is 25.7 Å². The first kappa shape index (κ1) is 24.1. The molecule has 3 atom stereocenters. The summed E-state index contributed by atoms with van der Waals surface area (Å²) in [5.41, 5.74) is 2.22. The number of rotatable bonds is 4. The van der Waals surface area contributed by atoms with Gasteiger partial charge in [-0.05, 0) is 78.6 Å². The molecule has 3 fully saturated rings. The van der Waals surface area contributed by atoms with E-state index in [0.29, 0.717) is 30.6 Å². The SMILES string of the molecule is CN1CCC[C@H]1COc1nc(N2CC3CCC(C2)N3C(=O)OC(C)(C)C)c2c(c1C#N)CNCC2. The lowest BCUT2D eigenvalue weighted by Gasteiger charge is -2.42. The minimum absolute atomic E-state index is 0.106. The number of piperazine rings is 1. The number of likely N-dealkylation sites (N-methyl/N-ethyl adjacent to an activating group) is 1. The van der Waals surface area contributed by atoms with E-state index in [1.165, 1.54) is 6.42 Å². The second-order valence-corrected chi connectivity index (χ2v) is 11.4. The van der Waals surface area contributed by atoms with Crippen LogP contribution in [-0.4, -0.2) is 84.4 Å². The second kappa shape index (κ2) is 9.47. The van der Waals surface area contributed by atoms with Gasteiger partial charge in [0, 0.05) is 31.2 Å². The standard InChI is InChI=1S/C26H38N6O3/c1-26(2,3)35-25(33)32-17-7-8-18(32)15-31(14-17)23-20-9-10-28-13-22(20)21(12-27)24(29-23)34-16-19-6-5-11-30(19)4/h17-19,28H,5-11,13-16H2,1-4H3/t17?,18?,19-/m0/s1. The van der Waals surface area contributed by atoms with E-state index in [9.17, 15) is 10.1 Å². The van der Waals surface area contributed by atoms with Gasteiger partial charge < -0.3 is 24.6 Å². The number of pyridine rings is 1. The van der Waals surface area contributed by atoms with Crippen LogP contribution in [0.15, 0.2) is 0 Å². The van der Waals surface area contributed by atoms with Gasteiger partial charge in [-0.1, -0.05) is 0 Å². The molecular formula is C26H38N6O3. The molecular weight excluding hydrogens is 444 g/mol. The van der Waals surface area contributed by atoms with Crippen LogP contribution in [-0.2, 0) is 17.7 Å². The van der Waals surface area contributed by atoms with E-state index in [-0.39, 0.29) is 18.2 Å². The number of fused-ring (bicyclic) bond motifs is 3. The van der Waals surface area contributed by atoms with Gasteiger partial charge in [-0.15, -0.1) is 0 Å². The summed E-state index contributed by atoms with van der Waals surface area (Å²) < 4.78 is 12.0. The summed E-state index contributed by atoms with van der Waals surface area (Å²) in [5.74, 6) is 1.38. The second-order valence-electron chi connectivity index (χ2n) is 11.4. The number of amides is 1. The number of nitrogens with zero attached hydrogens (tertiary/aromatic N) is 5. The summed E-state index contributed by atoms with van der Waals surface area (Å²) in [7, 11) is 2.13. The predicted molar refractivity (Wildman–Crippen MR) is 133 cm³/mol. The van der Waals surface area contributed by atoms with E-state index in [2.05, 4.69) is 28.2 Å². The first-order valence-corrected chi connectivity index (χ1v) is 13.0. The van der Waals surface area contributed by atoms with Crippen LogP contribution in [0, 0.1) is 11.3 Å². The normalized spacial score (nSPS) is 26.4. The fraction of sp³-hybridized carbons (Fsp3) is 0.731. The number of hydrogen-bond acceptors (Lipinski definition) is 8. The third-order valence-corrected chi connectivity index (χ3v) is 7.79. The molecule has 5 heterocycles. The van der Waals surface area contributed by atoms with Gasteiger partial charge >= 0.3 is 6.09 Å². The predicted octanol–water partition coefficient (Wildman–Crippen LogP) is 2.66. The zero-order valence-corrected chi connectivity index (χ0v) is 21.5. The minimum atomic E-state index is -0.506. The van der Waals surface area contributed by atoms with Gasteiger partial charge in [0.15, 0.2) is 0 Å². The van der Waals surface area contributed by atoms with E-state index in [1.54, 1.807) is 0 Å². The van der Waals surface area contributed by atoms with Crippen molar-refractivity contribution in [3.8, 4) is 11.9 Å². The molecule has 2 unspecified atom stereocenters. The number of aromatic nitrogens is 1. The molecule has 3 saturated heterocycles. The third kappa shape index (κ3) is 4.78. The largest absolute Gasteiger partial charge is 0.475 e. The lowest BCUT2D eigenvalue weighted by atomic mass is 9.96. The third-order valence-electron chi connectivity index (χ3n) is 7.79. The van der Waals surface area contributed by atoms with E-state index in [0.717, 1.165) is 68.8 Å². The van der Waals surface area contributed by atoms with Crippen molar-refractivity contribution in [1.29, 1.82) is 5.26 Å². The van der Waals surface area contributed by atoms with Crippen molar-refractivity contribution < 1.29 is 14.3 Å². The average molecular weight is 483 g/mol. The molecule has 0 saturated carbocycles. The number of ether oxygens (including phenoxy) is 2. The smallest absolute Gasteiger partial charge is 0.410 e. The van der Waals surface area contributed by atoms with Crippen LogP contribution in [0.2, 0.25) is 0 Å². The molecule has 1 aromatic rings. The molecule has 190 valence electrons. The molecule has 4 aliphatic rings. The fourth-order valence-electron chi connectivity index (χ4n) is 6.05. The van der Waals surface area contributed by atoms with Crippen LogP contribution in [0.25, 0.3) is 0 Å². The van der Waals surface area contributed by atoms with Crippen LogP contribution in [0.5, 0.6) is 5.88 Å². The molecule has 4 aliphatic heterocycles. The van der Waals surface area contributed by atoms with Gasteiger partial charge in [0.1, 0.15) is 29.7 Å². The van der Waals surface area contributed by atoms with Gasteiger partial charge in [-0.2, -0.15) is 10.2 Å². The Morgan fingerprint density at radius 3 is 2.57 bits per heavy atom. The topological polar surface area (TPSA) is 94.0 Å². The van der Waals surface area contributed by atoms with Crippen molar-refractivity contribution in [2.75, 3.05) is 44.7 Å². The summed E-state index contributed by atoms with van der Waals surface area (Å²) in [6.45, 7) is 10.3. The Labute approximate surface area is 208 Å².